The summed E-state index contributed by atoms with van der Waals surface area (Å²) in [5, 5.41) is 57.8. The van der Waals surface area contributed by atoms with Crippen LogP contribution >= 0.6 is 0 Å². The molecule has 2 fully saturated rings. The van der Waals surface area contributed by atoms with Crippen LogP contribution in [0.5, 0.6) is 5.75 Å². The largest absolute Gasteiger partial charge is 0.506 e. The van der Waals surface area contributed by atoms with Gasteiger partial charge < -0.3 is 40.7 Å². The molecule has 320 valence electrons. The van der Waals surface area contributed by atoms with Crippen molar-refractivity contribution in [2.24, 2.45) is 11.8 Å². The van der Waals surface area contributed by atoms with Gasteiger partial charge in [-0.2, -0.15) is 5.10 Å². The molecule has 14 heteroatoms. The van der Waals surface area contributed by atoms with Crippen LogP contribution < -0.4 is 10.9 Å². The molecule has 1 saturated heterocycles. The van der Waals surface area contributed by atoms with Crippen LogP contribution in [-0.4, -0.2) is 94.8 Å². The van der Waals surface area contributed by atoms with E-state index in [1.807, 2.05) is 41.3 Å². The van der Waals surface area contributed by atoms with Gasteiger partial charge in [-0.3, -0.25) is 19.1 Å². The number of likely N-dealkylation sites (tertiary alicyclic amines) is 1. The molecule has 1 aliphatic heterocycles. The number of carboxylic acid groups (broad SMARTS) is 2. The fraction of sp³-hybridized carbons (Fsp3) is 0.457. The maximum atomic E-state index is 12.2. The molecule has 60 heavy (non-hydrogen) atoms. The molecule has 14 nitrogen and oxygen atoms in total. The van der Waals surface area contributed by atoms with Crippen molar-refractivity contribution >= 4 is 22.8 Å². The number of aliphatic carboxylic acids is 2. The smallest absolute Gasteiger partial charge is 0.303 e. The van der Waals surface area contributed by atoms with E-state index in [1.54, 1.807) is 12.1 Å². The van der Waals surface area contributed by atoms with Crippen molar-refractivity contribution in [2.45, 2.75) is 88.9 Å². The molecule has 7 N–H and O–H groups in total. The van der Waals surface area contributed by atoms with Crippen LogP contribution in [0.25, 0.3) is 10.9 Å². The highest BCUT2D eigenvalue weighted by atomic mass is 16.4. The standard InChI is InChI=1S/C42H52N6O4.C4H6O4/c49-37-17-15-35(36-16-18-39(51)45-40(36)37)38(50)27-43-23-19-30-11-13-31(14-12-30)20-24-47-25-21-32(22-26-47)28-48-29-44-41(46-48)42(52,33-7-3-1-4-8-33)34-9-5-2-6-10-34;5-3(6)1-2-4(7)8/h1,3-4,7-8,11-18,29,32,34,38,43,49-50,52H,2,5-6,9-10,19-28H2,(H,45,51);1-2H2,(H,5,6)(H,7,8)/t38-,42-;/m0./s1. The lowest BCUT2D eigenvalue weighted by atomic mass is 9.73. The van der Waals surface area contributed by atoms with E-state index in [1.165, 1.54) is 29.7 Å². The van der Waals surface area contributed by atoms with Gasteiger partial charge in [-0.1, -0.05) is 79.9 Å². The van der Waals surface area contributed by atoms with Gasteiger partial charge in [-0.05, 0) is 104 Å². The molecular weight excluding hydrogens is 765 g/mol. The third-order valence-corrected chi connectivity index (χ3v) is 11.9. The number of hydrogen-bond acceptors (Lipinski definition) is 10. The minimum Gasteiger partial charge on any atom is -0.506 e. The fourth-order valence-electron chi connectivity index (χ4n) is 8.48. The second kappa shape index (κ2) is 21.2. The van der Waals surface area contributed by atoms with E-state index in [2.05, 4.69) is 39.5 Å². The first-order chi connectivity index (χ1) is 29.0. The molecule has 3 heterocycles. The van der Waals surface area contributed by atoms with E-state index in [0.29, 0.717) is 34.8 Å². The summed E-state index contributed by atoms with van der Waals surface area (Å²) in [7, 11) is 0. The number of phenolic OH excluding ortho intramolecular Hbond substituents is 1. The minimum atomic E-state index is -1.15. The number of fused-ring (bicyclic) bond motifs is 1. The van der Waals surface area contributed by atoms with Gasteiger partial charge in [-0.15, -0.1) is 0 Å². The molecule has 0 unspecified atom stereocenters. The fourth-order valence-corrected chi connectivity index (χ4v) is 8.48. The number of aliphatic hydroxyl groups excluding tert-OH is 1. The first kappa shape index (κ1) is 44.2. The van der Waals surface area contributed by atoms with Crippen molar-refractivity contribution < 1.29 is 35.1 Å². The van der Waals surface area contributed by atoms with Gasteiger partial charge in [-0.25, -0.2) is 4.98 Å². The van der Waals surface area contributed by atoms with E-state index < -0.39 is 23.6 Å². The zero-order valence-corrected chi connectivity index (χ0v) is 34.1. The van der Waals surface area contributed by atoms with Crippen LogP contribution in [0.15, 0.2) is 90.0 Å². The zero-order chi connectivity index (χ0) is 42.5. The Hall–Kier alpha value is -5.41. The Morgan fingerprint density at radius 2 is 1.52 bits per heavy atom. The number of nitrogens with one attached hydrogen (secondary N) is 2. The quantitative estimate of drug-likeness (QED) is 0.0588. The van der Waals surface area contributed by atoms with E-state index in [4.69, 9.17) is 20.3 Å². The first-order valence-corrected chi connectivity index (χ1v) is 21.1. The molecule has 2 atom stereocenters. The molecule has 0 amide bonds. The van der Waals surface area contributed by atoms with E-state index in [-0.39, 0.29) is 30.1 Å². The molecular formula is C46H58N6O8. The number of phenols is 1. The number of nitrogens with zero attached hydrogens (tertiary/aromatic N) is 4. The van der Waals surface area contributed by atoms with Gasteiger partial charge in [0.15, 0.2) is 11.4 Å². The number of pyridine rings is 1. The summed E-state index contributed by atoms with van der Waals surface area (Å²) in [5.41, 5.74) is 3.05. The van der Waals surface area contributed by atoms with Crippen molar-refractivity contribution in [3.63, 3.8) is 0 Å². The summed E-state index contributed by atoms with van der Waals surface area (Å²) < 4.78 is 1.97. The first-order valence-electron chi connectivity index (χ1n) is 21.1. The van der Waals surface area contributed by atoms with E-state index in [0.717, 1.165) is 89.7 Å². The van der Waals surface area contributed by atoms with Crippen molar-refractivity contribution in [3.8, 4) is 5.75 Å². The van der Waals surface area contributed by atoms with Crippen LogP contribution in [0.1, 0.15) is 92.0 Å². The van der Waals surface area contributed by atoms with Crippen molar-refractivity contribution in [2.75, 3.05) is 32.7 Å². The summed E-state index contributed by atoms with van der Waals surface area (Å²) in [4.78, 5) is 40.9. The number of aromatic amines is 1. The number of aromatic hydroxyl groups is 1. The lowest BCUT2D eigenvalue weighted by Gasteiger charge is -2.37. The monoisotopic (exact) mass is 822 g/mol. The summed E-state index contributed by atoms with van der Waals surface area (Å²) in [6, 6.07) is 25.1. The Kier molecular flexibility index (Phi) is 15.6. The normalized spacial score (nSPS) is 16.8. The molecule has 2 aliphatic rings. The maximum absolute atomic E-state index is 12.2. The Balaban J connectivity index is 0.000000686. The lowest BCUT2D eigenvalue weighted by molar-refractivity contribution is -0.143. The molecule has 0 spiro atoms. The number of hydrogen-bond donors (Lipinski definition) is 7. The van der Waals surface area contributed by atoms with Crippen LogP contribution in [-0.2, 0) is 34.6 Å². The predicted molar refractivity (Wildman–Crippen MR) is 228 cm³/mol. The molecule has 0 bridgehead atoms. The van der Waals surface area contributed by atoms with Crippen LogP contribution in [0.3, 0.4) is 0 Å². The third kappa shape index (κ3) is 11.9. The summed E-state index contributed by atoms with van der Waals surface area (Å²) in [6.07, 6.45) is 10.1. The molecule has 1 saturated carbocycles. The van der Waals surface area contributed by atoms with Gasteiger partial charge in [0.2, 0.25) is 5.56 Å². The summed E-state index contributed by atoms with van der Waals surface area (Å²) in [5.74, 6) is -0.937. The number of aliphatic hydroxyl groups is 2. The number of rotatable bonds is 17. The van der Waals surface area contributed by atoms with Crippen molar-refractivity contribution in [1.29, 1.82) is 0 Å². The van der Waals surface area contributed by atoms with Gasteiger partial charge >= 0.3 is 11.9 Å². The number of H-pyrrole nitrogens is 1. The van der Waals surface area contributed by atoms with Gasteiger partial charge in [0.25, 0.3) is 0 Å². The molecule has 1 aliphatic carbocycles. The summed E-state index contributed by atoms with van der Waals surface area (Å²) in [6.45, 7) is 5.13. The van der Waals surface area contributed by atoms with Gasteiger partial charge in [0.05, 0.1) is 24.5 Å². The second-order valence-corrected chi connectivity index (χ2v) is 16.2. The number of carbonyl (C=O) groups is 2. The van der Waals surface area contributed by atoms with Crippen LogP contribution in [0.4, 0.5) is 0 Å². The molecule has 3 aromatic carbocycles. The Morgan fingerprint density at radius 1 is 0.850 bits per heavy atom. The van der Waals surface area contributed by atoms with Gasteiger partial charge in [0, 0.05) is 31.1 Å². The molecule has 5 aromatic rings. The second-order valence-electron chi connectivity index (χ2n) is 16.2. The minimum absolute atomic E-state index is 0.0118. The summed E-state index contributed by atoms with van der Waals surface area (Å²) >= 11 is 0. The average molecular weight is 823 g/mol. The number of aromatic nitrogens is 4. The highest BCUT2D eigenvalue weighted by molar-refractivity contribution is 5.87. The van der Waals surface area contributed by atoms with Gasteiger partial charge in [0.1, 0.15) is 12.1 Å². The molecule has 0 radical (unpaired) electrons. The topological polar surface area (TPSA) is 214 Å². The Labute approximate surface area is 349 Å². The molecule has 2 aromatic heterocycles. The van der Waals surface area contributed by atoms with Crippen molar-refractivity contribution in [3.05, 3.63) is 124 Å². The number of benzene rings is 3. The number of piperidine rings is 1. The highest BCUT2D eigenvalue weighted by Gasteiger charge is 2.44. The zero-order valence-electron chi connectivity index (χ0n) is 34.1. The Morgan fingerprint density at radius 3 is 2.18 bits per heavy atom. The van der Waals surface area contributed by atoms with Crippen LogP contribution in [0, 0.1) is 11.8 Å². The predicted octanol–water partition coefficient (Wildman–Crippen LogP) is 5.40. The van der Waals surface area contributed by atoms with Crippen LogP contribution in [0.2, 0.25) is 0 Å². The Bertz CT molecular complexity index is 2180. The van der Waals surface area contributed by atoms with E-state index in [9.17, 15) is 29.7 Å². The molecule has 7 rings (SSSR count). The lowest BCUT2D eigenvalue weighted by Crippen LogP contribution is -2.39. The third-order valence-electron chi connectivity index (χ3n) is 11.9. The highest BCUT2D eigenvalue weighted by Crippen LogP contribution is 2.42. The van der Waals surface area contributed by atoms with E-state index >= 15 is 0 Å². The maximum Gasteiger partial charge on any atom is 0.303 e. The average Bonchev–Trinajstić information content (AvgIpc) is 3.74. The van der Waals surface area contributed by atoms with Crippen molar-refractivity contribution in [1.82, 2.24) is 30.0 Å². The SMILES string of the molecule is O=C(O)CCC(=O)O.O=c1ccc2c([C@@H](O)CNCCc3ccc(CCN4CCC(Cn5cnc([C@](O)(c6ccccc6)C6CCCCC6)n5)CC4)cc3)ccc(O)c2[nH]1. The number of carboxylic acids is 2.